The molecule has 32 heavy (non-hydrogen) atoms. The summed E-state index contributed by atoms with van der Waals surface area (Å²) in [4.78, 5) is 22.7. The van der Waals surface area contributed by atoms with Crippen molar-refractivity contribution in [2.75, 3.05) is 6.61 Å². The van der Waals surface area contributed by atoms with Crippen molar-refractivity contribution in [2.24, 2.45) is 5.92 Å². The quantitative estimate of drug-likeness (QED) is 0.142. The van der Waals surface area contributed by atoms with E-state index in [1.54, 1.807) is 0 Å². The summed E-state index contributed by atoms with van der Waals surface area (Å²) in [6.07, 6.45) is 12.3. The maximum atomic E-state index is 12.4. The standard InChI is InChI=1S/C23H36O7S.K.H/c1-3-5-7-9-11-18(12-10-8-6-4-2)15-16-30-23(26)20-14-13-19(22(24)25)17-21(20)31(27,28)29;;/h13-14,17-18H,3-12,15-16H2,1-2H3,(H,24,25)(H,27,28,29);;. The molecule has 0 radical (unpaired) electrons. The molecule has 1 rings (SSSR count). The second-order valence-corrected chi connectivity index (χ2v) is 9.37. The van der Waals surface area contributed by atoms with Crippen molar-refractivity contribution in [1.82, 2.24) is 0 Å². The molecule has 0 unspecified atom stereocenters. The maximum absolute atomic E-state index is 12.4. The molecule has 0 aliphatic rings. The summed E-state index contributed by atoms with van der Waals surface area (Å²) in [7, 11) is -4.78. The number of benzene rings is 1. The van der Waals surface area contributed by atoms with E-state index in [0.29, 0.717) is 12.3 Å². The molecule has 0 bridgehead atoms. The van der Waals surface area contributed by atoms with Gasteiger partial charge in [0.05, 0.1) is 17.7 Å². The van der Waals surface area contributed by atoms with E-state index in [1.165, 1.54) is 38.5 Å². The molecule has 0 aliphatic heterocycles. The Morgan fingerprint density at radius 2 is 1.50 bits per heavy atom. The van der Waals surface area contributed by atoms with Gasteiger partial charge in [0.25, 0.3) is 10.1 Å². The number of carbonyl (C=O) groups excluding carboxylic acids is 1. The molecular weight excluding hydrogens is 459 g/mol. The first-order valence-corrected chi connectivity index (χ1v) is 12.7. The van der Waals surface area contributed by atoms with E-state index >= 15 is 0 Å². The molecule has 0 aliphatic carbocycles. The fourth-order valence-corrected chi connectivity index (χ4v) is 4.29. The molecule has 1 aromatic carbocycles. The monoisotopic (exact) mass is 496 g/mol. The summed E-state index contributed by atoms with van der Waals surface area (Å²) in [5.41, 5.74) is -0.710. The fourth-order valence-electron chi connectivity index (χ4n) is 3.59. The second kappa shape index (κ2) is 17.2. The summed E-state index contributed by atoms with van der Waals surface area (Å²) >= 11 is 0. The van der Waals surface area contributed by atoms with Crippen molar-refractivity contribution in [3.8, 4) is 0 Å². The third kappa shape index (κ3) is 12.2. The van der Waals surface area contributed by atoms with Crippen LogP contribution in [-0.2, 0) is 14.9 Å². The van der Waals surface area contributed by atoms with Gasteiger partial charge in [0, 0.05) is 0 Å². The summed E-state index contributed by atoms with van der Waals surface area (Å²) in [6.45, 7) is 4.49. The minimum absolute atomic E-state index is 0. The van der Waals surface area contributed by atoms with E-state index in [1.807, 2.05) is 0 Å². The van der Waals surface area contributed by atoms with E-state index in [9.17, 15) is 22.6 Å². The molecule has 0 atom stereocenters. The van der Waals surface area contributed by atoms with Crippen molar-refractivity contribution in [1.29, 1.82) is 0 Å². The van der Waals surface area contributed by atoms with Crippen molar-refractivity contribution < 1.29 is 32.4 Å². The minimum atomic E-state index is -4.78. The average Bonchev–Trinajstić information content (AvgIpc) is 2.72. The normalized spacial score (nSPS) is 11.2. The molecule has 0 saturated carbocycles. The van der Waals surface area contributed by atoms with Crippen molar-refractivity contribution in [3.63, 3.8) is 0 Å². The van der Waals surface area contributed by atoms with E-state index in [0.717, 1.165) is 43.9 Å². The molecule has 0 spiro atoms. The van der Waals surface area contributed by atoms with Crippen LogP contribution in [0.5, 0.6) is 0 Å². The molecule has 9 heteroatoms. The van der Waals surface area contributed by atoms with Crippen LogP contribution < -0.4 is 0 Å². The number of carbonyl (C=O) groups is 2. The number of esters is 1. The third-order valence-corrected chi connectivity index (χ3v) is 6.31. The fraction of sp³-hybridized carbons (Fsp3) is 0.652. The van der Waals surface area contributed by atoms with E-state index in [-0.39, 0.29) is 69.1 Å². The Morgan fingerprint density at radius 1 is 0.938 bits per heavy atom. The third-order valence-electron chi connectivity index (χ3n) is 5.42. The Hall–Kier alpha value is -0.294. The Labute approximate surface area is 234 Å². The Balaban J connectivity index is 0.00000961. The first kappa shape index (κ1) is 31.7. The number of aromatic carboxylic acids is 1. The van der Waals surface area contributed by atoms with Crippen molar-refractivity contribution in [2.45, 2.75) is 89.4 Å². The van der Waals surface area contributed by atoms with Crippen LogP contribution in [-0.4, -0.2) is 88.0 Å². The SMILES string of the molecule is CCCCCCC(CCCCCC)CCOC(=O)c1ccc(C(=O)O)cc1S(=O)(=O)O.[KH]. The Kier molecular flexibility index (Phi) is 17.0. The topological polar surface area (TPSA) is 118 Å². The Morgan fingerprint density at radius 3 is 1.97 bits per heavy atom. The number of carboxylic acids is 1. The summed E-state index contributed by atoms with van der Waals surface area (Å²) in [5, 5.41) is 9.02. The zero-order chi connectivity index (χ0) is 23.3. The molecule has 0 heterocycles. The molecule has 2 N–H and O–H groups in total. The van der Waals surface area contributed by atoms with Gasteiger partial charge in [0.1, 0.15) is 4.90 Å². The van der Waals surface area contributed by atoms with Crippen LogP contribution in [0.15, 0.2) is 23.1 Å². The molecule has 0 amide bonds. The average molecular weight is 497 g/mol. The number of ether oxygens (including phenoxy) is 1. The predicted octanol–water partition coefficient (Wildman–Crippen LogP) is 5.09. The van der Waals surface area contributed by atoms with Crippen LogP contribution in [0.1, 0.15) is 105 Å². The van der Waals surface area contributed by atoms with Gasteiger partial charge in [-0.05, 0) is 30.5 Å². The van der Waals surface area contributed by atoms with Crippen LogP contribution in [0.4, 0.5) is 0 Å². The van der Waals surface area contributed by atoms with Gasteiger partial charge in [0.15, 0.2) is 0 Å². The molecule has 7 nitrogen and oxygen atoms in total. The van der Waals surface area contributed by atoms with Gasteiger partial charge in [-0.15, -0.1) is 0 Å². The van der Waals surface area contributed by atoms with Gasteiger partial charge in [-0.2, -0.15) is 8.42 Å². The molecule has 178 valence electrons. The first-order valence-electron chi connectivity index (χ1n) is 11.2. The van der Waals surface area contributed by atoms with E-state index in [4.69, 9.17) is 9.84 Å². The van der Waals surface area contributed by atoms with Crippen molar-refractivity contribution in [3.05, 3.63) is 29.3 Å². The van der Waals surface area contributed by atoms with Gasteiger partial charge in [-0.1, -0.05) is 78.1 Å². The van der Waals surface area contributed by atoms with Gasteiger partial charge in [0.2, 0.25) is 0 Å². The molecule has 0 fully saturated rings. The molecular formula is C23H37KO7S. The summed E-state index contributed by atoms with van der Waals surface area (Å²) in [5.74, 6) is -1.81. The molecule has 0 aromatic heterocycles. The van der Waals surface area contributed by atoms with E-state index < -0.39 is 27.0 Å². The van der Waals surface area contributed by atoms with Crippen LogP contribution >= 0.6 is 0 Å². The number of rotatable bonds is 16. The van der Waals surface area contributed by atoms with Crippen LogP contribution in [0.3, 0.4) is 0 Å². The zero-order valence-electron chi connectivity index (χ0n) is 18.6. The number of carboxylic acid groups (broad SMARTS) is 1. The number of unbranched alkanes of at least 4 members (excludes halogenated alkanes) is 6. The number of hydrogen-bond donors (Lipinski definition) is 2. The van der Waals surface area contributed by atoms with Gasteiger partial charge in [-0.25, -0.2) is 9.59 Å². The zero-order valence-corrected chi connectivity index (χ0v) is 19.5. The summed E-state index contributed by atoms with van der Waals surface area (Å²) < 4.78 is 37.9. The van der Waals surface area contributed by atoms with Gasteiger partial charge in [-0.3, -0.25) is 4.55 Å². The molecule has 1 aromatic rings. The summed E-state index contributed by atoms with van der Waals surface area (Å²) in [6, 6.07) is 2.93. The second-order valence-electron chi connectivity index (χ2n) is 7.98. The predicted molar refractivity (Wildman–Crippen MR) is 126 cm³/mol. The Bertz CT molecular complexity index is 797. The first-order chi connectivity index (χ1) is 14.7. The molecule has 0 saturated heterocycles. The van der Waals surface area contributed by atoms with Crippen LogP contribution in [0, 0.1) is 5.92 Å². The van der Waals surface area contributed by atoms with E-state index in [2.05, 4.69) is 13.8 Å². The van der Waals surface area contributed by atoms with Gasteiger partial charge >= 0.3 is 63.3 Å². The van der Waals surface area contributed by atoms with Gasteiger partial charge < -0.3 is 9.84 Å². The van der Waals surface area contributed by atoms with Crippen LogP contribution in [0.2, 0.25) is 0 Å². The van der Waals surface area contributed by atoms with Crippen LogP contribution in [0.25, 0.3) is 0 Å². The number of hydrogen-bond acceptors (Lipinski definition) is 5. The van der Waals surface area contributed by atoms with Crippen molar-refractivity contribution >= 4 is 73.4 Å².